The summed E-state index contributed by atoms with van der Waals surface area (Å²) in [5, 5.41) is 0. The predicted octanol–water partition coefficient (Wildman–Crippen LogP) is 0.753. The highest BCUT2D eigenvalue weighted by Crippen LogP contribution is 2.43. The van der Waals surface area contributed by atoms with Crippen molar-refractivity contribution < 1.29 is 9.53 Å². The summed E-state index contributed by atoms with van der Waals surface area (Å²) in [7, 11) is 0. The summed E-state index contributed by atoms with van der Waals surface area (Å²) in [5.74, 6) is 0.265. The van der Waals surface area contributed by atoms with Crippen LogP contribution in [0.15, 0.2) is 0 Å². The summed E-state index contributed by atoms with van der Waals surface area (Å²) in [6, 6.07) is 0.219. The Balaban J connectivity index is 1.91. The first-order chi connectivity index (χ1) is 7.67. The molecule has 0 aromatic rings. The van der Waals surface area contributed by atoms with Gasteiger partial charge in [-0.1, -0.05) is 6.42 Å². The molecule has 0 bridgehead atoms. The maximum Gasteiger partial charge on any atom is 0.223 e. The molecular formula is C12H22N2O2. The second-order valence-corrected chi connectivity index (χ2v) is 5.25. The van der Waals surface area contributed by atoms with Gasteiger partial charge in [-0.3, -0.25) is 4.79 Å². The highest BCUT2D eigenvalue weighted by Gasteiger charge is 2.39. The number of nitrogens with zero attached hydrogens (tertiary/aromatic N) is 1. The number of hydrogen-bond donors (Lipinski definition) is 1. The Morgan fingerprint density at radius 3 is 2.81 bits per heavy atom. The van der Waals surface area contributed by atoms with Crippen LogP contribution in [0.4, 0.5) is 0 Å². The third-order valence-electron chi connectivity index (χ3n) is 4.06. The van der Waals surface area contributed by atoms with Crippen LogP contribution in [-0.2, 0) is 9.53 Å². The number of ether oxygens (including phenoxy) is 1. The Morgan fingerprint density at radius 1 is 1.56 bits per heavy atom. The van der Waals surface area contributed by atoms with Gasteiger partial charge in [-0.05, 0) is 31.7 Å². The molecule has 4 nitrogen and oxygen atoms in total. The Bertz CT molecular complexity index is 258. The van der Waals surface area contributed by atoms with Crippen LogP contribution in [0.1, 0.15) is 32.6 Å². The lowest BCUT2D eigenvalue weighted by atomic mass is 9.66. The lowest BCUT2D eigenvalue weighted by Gasteiger charge is -2.43. The summed E-state index contributed by atoms with van der Waals surface area (Å²) in [6.07, 6.45) is 4.10. The zero-order valence-electron chi connectivity index (χ0n) is 10.1. The van der Waals surface area contributed by atoms with Crippen molar-refractivity contribution in [2.24, 2.45) is 11.1 Å². The van der Waals surface area contributed by atoms with Gasteiger partial charge in [-0.2, -0.15) is 0 Å². The maximum absolute atomic E-state index is 12.2. The molecule has 92 valence electrons. The molecule has 4 heteroatoms. The normalized spacial score (nSPS) is 28.6. The molecule has 0 aromatic heterocycles. The lowest BCUT2D eigenvalue weighted by molar-refractivity contribution is -0.143. The Morgan fingerprint density at radius 2 is 2.31 bits per heavy atom. The molecule has 1 amide bonds. The van der Waals surface area contributed by atoms with E-state index in [0.717, 1.165) is 19.4 Å². The molecule has 1 saturated carbocycles. The van der Waals surface area contributed by atoms with E-state index in [1.165, 1.54) is 6.42 Å². The smallest absolute Gasteiger partial charge is 0.223 e. The molecule has 1 aliphatic heterocycles. The van der Waals surface area contributed by atoms with Crippen LogP contribution in [0.2, 0.25) is 0 Å². The van der Waals surface area contributed by atoms with E-state index >= 15 is 0 Å². The molecule has 2 rings (SSSR count). The van der Waals surface area contributed by atoms with Gasteiger partial charge in [0.1, 0.15) is 0 Å². The summed E-state index contributed by atoms with van der Waals surface area (Å²) in [5.41, 5.74) is 5.91. The van der Waals surface area contributed by atoms with Crippen molar-refractivity contribution in [1.82, 2.24) is 4.90 Å². The molecule has 2 aliphatic rings. The van der Waals surface area contributed by atoms with E-state index in [1.807, 2.05) is 11.8 Å². The van der Waals surface area contributed by atoms with Gasteiger partial charge < -0.3 is 15.4 Å². The minimum absolute atomic E-state index is 0.120. The van der Waals surface area contributed by atoms with Gasteiger partial charge in [-0.15, -0.1) is 0 Å². The molecule has 0 aromatic carbocycles. The van der Waals surface area contributed by atoms with E-state index in [0.29, 0.717) is 26.2 Å². The summed E-state index contributed by atoms with van der Waals surface area (Å²) in [6.45, 7) is 4.78. The molecule has 1 heterocycles. The molecule has 2 fully saturated rings. The van der Waals surface area contributed by atoms with Crippen LogP contribution in [-0.4, -0.2) is 43.2 Å². The van der Waals surface area contributed by atoms with E-state index in [4.69, 9.17) is 10.5 Å². The van der Waals surface area contributed by atoms with Crippen molar-refractivity contribution in [3.63, 3.8) is 0 Å². The standard InChI is InChI=1S/C12H22N2O2/c1-10-8-16-6-5-14(10)11(15)7-12(9-13)3-2-4-12/h10H,2-9,13H2,1H3/t10-/m1/s1. The molecule has 0 radical (unpaired) electrons. The van der Waals surface area contributed by atoms with Crippen LogP contribution < -0.4 is 5.73 Å². The molecule has 16 heavy (non-hydrogen) atoms. The number of carbonyl (C=O) groups is 1. The molecule has 1 saturated heterocycles. The van der Waals surface area contributed by atoms with Crippen LogP contribution in [0.25, 0.3) is 0 Å². The van der Waals surface area contributed by atoms with Gasteiger partial charge in [0, 0.05) is 13.0 Å². The van der Waals surface area contributed by atoms with Crippen molar-refractivity contribution in [2.75, 3.05) is 26.3 Å². The number of carbonyl (C=O) groups excluding carboxylic acids is 1. The second-order valence-electron chi connectivity index (χ2n) is 5.25. The first-order valence-electron chi connectivity index (χ1n) is 6.24. The highest BCUT2D eigenvalue weighted by molar-refractivity contribution is 5.77. The number of morpholine rings is 1. The monoisotopic (exact) mass is 226 g/mol. The third-order valence-corrected chi connectivity index (χ3v) is 4.06. The van der Waals surface area contributed by atoms with Crippen LogP contribution in [0, 0.1) is 5.41 Å². The molecular weight excluding hydrogens is 204 g/mol. The number of rotatable bonds is 3. The van der Waals surface area contributed by atoms with Gasteiger partial charge in [0.05, 0.1) is 19.3 Å². The largest absolute Gasteiger partial charge is 0.377 e. The molecule has 1 atom stereocenters. The van der Waals surface area contributed by atoms with Crippen LogP contribution >= 0.6 is 0 Å². The topological polar surface area (TPSA) is 55.6 Å². The number of hydrogen-bond acceptors (Lipinski definition) is 3. The van der Waals surface area contributed by atoms with Gasteiger partial charge >= 0.3 is 0 Å². The lowest BCUT2D eigenvalue weighted by Crippen LogP contribution is -2.50. The Kier molecular flexibility index (Phi) is 3.50. The highest BCUT2D eigenvalue weighted by atomic mass is 16.5. The van der Waals surface area contributed by atoms with Gasteiger partial charge in [0.25, 0.3) is 0 Å². The van der Waals surface area contributed by atoms with Gasteiger partial charge in [-0.25, -0.2) is 0 Å². The average molecular weight is 226 g/mol. The summed E-state index contributed by atoms with van der Waals surface area (Å²) in [4.78, 5) is 14.1. The Hall–Kier alpha value is -0.610. The van der Waals surface area contributed by atoms with Gasteiger partial charge in [0.15, 0.2) is 0 Å². The molecule has 1 aliphatic carbocycles. The summed E-state index contributed by atoms with van der Waals surface area (Å²) >= 11 is 0. The van der Waals surface area contributed by atoms with E-state index < -0.39 is 0 Å². The van der Waals surface area contributed by atoms with E-state index in [-0.39, 0.29) is 17.4 Å². The minimum atomic E-state index is 0.120. The molecule has 0 spiro atoms. The average Bonchev–Trinajstić information content (AvgIpc) is 2.24. The van der Waals surface area contributed by atoms with Crippen molar-refractivity contribution in [1.29, 1.82) is 0 Å². The molecule has 2 N–H and O–H groups in total. The fraction of sp³-hybridized carbons (Fsp3) is 0.917. The number of amides is 1. The second kappa shape index (κ2) is 4.72. The van der Waals surface area contributed by atoms with Crippen molar-refractivity contribution in [3.8, 4) is 0 Å². The van der Waals surface area contributed by atoms with Gasteiger partial charge in [0.2, 0.25) is 5.91 Å². The van der Waals surface area contributed by atoms with Crippen molar-refractivity contribution >= 4 is 5.91 Å². The third kappa shape index (κ3) is 2.23. The predicted molar refractivity (Wildman–Crippen MR) is 61.9 cm³/mol. The van der Waals surface area contributed by atoms with Crippen molar-refractivity contribution in [2.45, 2.75) is 38.6 Å². The fourth-order valence-electron chi connectivity index (χ4n) is 2.65. The first-order valence-corrected chi connectivity index (χ1v) is 6.24. The number of nitrogens with two attached hydrogens (primary N) is 1. The van der Waals surface area contributed by atoms with Crippen LogP contribution in [0.5, 0.6) is 0 Å². The maximum atomic E-state index is 12.2. The molecule has 0 unspecified atom stereocenters. The van der Waals surface area contributed by atoms with E-state index in [1.54, 1.807) is 0 Å². The van der Waals surface area contributed by atoms with E-state index in [2.05, 4.69) is 0 Å². The Labute approximate surface area is 97.1 Å². The SMILES string of the molecule is C[C@@H]1COCCN1C(=O)CC1(CN)CCC1. The summed E-state index contributed by atoms with van der Waals surface area (Å²) < 4.78 is 5.34. The first kappa shape index (κ1) is 11.9. The van der Waals surface area contributed by atoms with Crippen LogP contribution in [0.3, 0.4) is 0 Å². The minimum Gasteiger partial charge on any atom is -0.377 e. The zero-order chi connectivity index (χ0) is 11.6. The zero-order valence-corrected chi connectivity index (χ0v) is 10.1. The fourth-order valence-corrected chi connectivity index (χ4v) is 2.65. The quantitative estimate of drug-likeness (QED) is 0.772. The van der Waals surface area contributed by atoms with E-state index in [9.17, 15) is 4.79 Å². The van der Waals surface area contributed by atoms with Crippen molar-refractivity contribution in [3.05, 3.63) is 0 Å².